The minimum absolute atomic E-state index is 0.155. The lowest BCUT2D eigenvalue weighted by molar-refractivity contribution is 0.570. The van der Waals surface area contributed by atoms with Gasteiger partial charge in [0.2, 0.25) is 0 Å². The summed E-state index contributed by atoms with van der Waals surface area (Å²) in [6.07, 6.45) is 0. The van der Waals surface area contributed by atoms with Gasteiger partial charge in [0.25, 0.3) is 0 Å². The Morgan fingerprint density at radius 3 is 2.27 bits per heavy atom. The number of thioether (sulfide) groups is 1. The van der Waals surface area contributed by atoms with Crippen molar-refractivity contribution < 1.29 is 0 Å². The van der Waals surface area contributed by atoms with Gasteiger partial charge < -0.3 is 0 Å². The molecule has 0 bridgehead atoms. The van der Waals surface area contributed by atoms with E-state index < -0.39 is 0 Å². The smallest absolute Gasteiger partial charge is 0.0629 e. The van der Waals surface area contributed by atoms with E-state index in [1.54, 1.807) is 0 Å². The molecule has 1 atom stereocenters. The Bertz CT molecular complexity index is 154. The highest BCUT2D eigenvalue weighted by atomic mass is 32.2. The average Bonchev–Trinajstić information content (AvgIpc) is 1.83. The highest BCUT2D eigenvalue weighted by molar-refractivity contribution is 8.00. The molecule has 0 aromatic rings. The van der Waals surface area contributed by atoms with E-state index in [4.69, 9.17) is 0 Å². The first kappa shape index (κ1) is 10.9. The van der Waals surface area contributed by atoms with E-state index in [-0.39, 0.29) is 5.41 Å². The Morgan fingerprint density at radius 1 is 1.36 bits per heavy atom. The van der Waals surface area contributed by atoms with E-state index in [0.717, 1.165) is 5.75 Å². The van der Waals surface area contributed by atoms with Crippen LogP contribution in [0.3, 0.4) is 0 Å². The molecule has 0 fully saturated rings. The summed E-state index contributed by atoms with van der Waals surface area (Å²) in [5.41, 5.74) is 0.155. The lowest BCUT2D eigenvalue weighted by atomic mass is 9.98. The van der Waals surface area contributed by atoms with Crippen molar-refractivity contribution in [2.24, 2.45) is 5.41 Å². The molecule has 64 valence electrons. The first-order valence-electron chi connectivity index (χ1n) is 4.10. The number of hydrogen-bond acceptors (Lipinski definition) is 1. The Kier molecular flexibility index (Phi) is 4.68. The number of rotatable bonds is 2. The van der Waals surface area contributed by atoms with E-state index >= 15 is 0 Å². The van der Waals surface area contributed by atoms with Crippen molar-refractivity contribution >= 4 is 11.8 Å². The molecule has 0 N–H and O–H groups in total. The predicted molar refractivity (Wildman–Crippen MR) is 54.8 cm³/mol. The molecule has 0 saturated heterocycles. The van der Waals surface area contributed by atoms with Crippen LogP contribution in [-0.2, 0) is 0 Å². The van der Waals surface area contributed by atoms with E-state index in [0.29, 0.717) is 5.25 Å². The molecule has 0 radical (unpaired) electrons. The van der Waals surface area contributed by atoms with Crippen LogP contribution in [0, 0.1) is 17.3 Å². The van der Waals surface area contributed by atoms with Crippen LogP contribution in [0.4, 0.5) is 0 Å². The zero-order valence-electron chi connectivity index (χ0n) is 8.19. The predicted octanol–water partition coefficient (Wildman–Crippen LogP) is 3.18. The molecular formula is C10H18S. The minimum Gasteiger partial charge on any atom is -0.146 e. The fourth-order valence-corrected chi connectivity index (χ4v) is 1.25. The quantitative estimate of drug-likeness (QED) is 0.574. The molecule has 0 aromatic heterocycles. The molecular weight excluding hydrogens is 152 g/mol. The lowest BCUT2D eigenvalue weighted by Gasteiger charge is -2.08. The average molecular weight is 170 g/mol. The molecule has 0 aromatic carbocycles. The van der Waals surface area contributed by atoms with Crippen LogP contribution in [0.1, 0.15) is 34.6 Å². The van der Waals surface area contributed by atoms with Crippen LogP contribution in [0.15, 0.2) is 0 Å². The van der Waals surface area contributed by atoms with Crippen molar-refractivity contribution in [1.82, 2.24) is 0 Å². The molecule has 0 aliphatic carbocycles. The van der Waals surface area contributed by atoms with Gasteiger partial charge in [-0.3, -0.25) is 0 Å². The second kappa shape index (κ2) is 4.72. The summed E-state index contributed by atoms with van der Waals surface area (Å²) in [5.74, 6) is 7.62. The molecule has 1 unspecified atom stereocenters. The molecule has 0 nitrogen and oxygen atoms in total. The molecule has 0 amide bonds. The van der Waals surface area contributed by atoms with Gasteiger partial charge in [-0.25, -0.2) is 0 Å². The van der Waals surface area contributed by atoms with Gasteiger partial charge in [0, 0.05) is 5.41 Å². The maximum absolute atomic E-state index is 3.24. The van der Waals surface area contributed by atoms with Gasteiger partial charge in [0.15, 0.2) is 0 Å². The molecule has 1 heteroatoms. The maximum Gasteiger partial charge on any atom is 0.0629 e. The topological polar surface area (TPSA) is 0 Å². The Balaban J connectivity index is 3.87. The summed E-state index contributed by atoms with van der Waals surface area (Å²) in [6, 6.07) is 0. The highest BCUT2D eigenvalue weighted by Crippen LogP contribution is 2.12. The van der Waals surface area contributed by atoms with Crippen molar-refractivity contribution in [2.45, 2.75) is 39.9 Å². The van der Waals surface area contributed by atoms with E-state index in [1.165, 1.54) is 0 Å². The van der Waals surface area contributed by atoms with Gasteiger partial charge in [-0.1, -0.05) is 18.8 Å². The standard InChI is InChI=1S/C10H18S/c1-6-11-9(2)7-8-10(3,4)5/h9H,6H2,1-5H3. The van der Waals surface area contributed by atoms with Gasteiger partial charge in [-0.05, 0) is 33.4 Å². The second-order valence-corrected chi connectivity index (χ2v) is 5.23. The van der Waals surface area contributed by atoms with Crippen LogP contribution < -0.4 is 0 Å². The van der Waals surface area contributed by atoms with Gasteiger partial charge in [0.1, 0.15) is 0 Å². The second-order valence-electron chi connectivity index (χ2n) is 3.62. The first-order chi connectivity index (χ1) is 4.95. The zero-order valence-corrected chi connectivity index (χ0v) is 9.01. The van der Waals surface area contributed by atoms with Gasteiger partial charge in [0.05, 0.1) is 5.25 Å². The van der Waals surface area contributed by atoms with Gasteiger partial charge >= 0.3 is 0 Å². The fraction of sp³-hybridized carbons (Fsp3) is 0.800. The van der Waals surface area contributed by atoms with Crippen molar-refractivity contribution in [3.8, 4) is 11.8 Å². The maximum atomic E-state index is 3.24. The third-order valence-electron chi connectivity index (χ3n) is 1.07. The van der Waals surface area contributed by atoms with Crippen molar-refractivity contribution in [3.05, 3.63) is 0 Å². The SMILES string of the molecule is CCSC(C)C#CC(C)(C)C. The third-order valence-corrected chi connectivity index (χ3v) is 2.02. The highest BCUT2D eigenvalue weighted by Gasteiger charge is 2.04. The van der Waals surface area contributed by atoms with E-state index in [2.05, 4.69) is 46.5 Å². The molecule has 0 rings (SSSR count). The summed E-state index contributed by atoms with van der Waals surface area (Å²) in [5, 5.41) is 0.485. The van der Waals surface area contributed by atoms with Crippen molar-refractivity contribution in [2.75, 3.05) is 5.75 Å². The Labute approximate surface area is 75.1 Å². The summed E-state index contributed by atoms with van der Waals surface area (Å²) >= 11 is 1.90. The lowest BCUT2D eigenvalue weighted by Crippen LogP contribution is -2.01. The van der Waals surface area contributed by atoms with Crippen LogP contribution in [-0.4, -0.2) is 11.0 Å². The number of hydrogen-bond donors (Lipinski definition) is 0. The summed E-state index contributed by atoms with van der Waals surface area (Å²) in [6.45, 7) is 10.8. The van der Waals surface area contributed by atoms with Crippen LogP contribution in [0.5, 0.6) is 0 Å². The molecule has 0 heterocycles. The van der Waals surface area contributed by atoms with Crippen molar-refractivity contribution in [1.29, 1.82) is 0 Å². The fourth-order valence-electron chi connectivity index (χ4n) is 0.610. The summed E-state index contributed by atoms with van der Waals surface area (Å²) in [7, 11) is 0. The van der Waals surface area contributed by atoms with E-state index in [1.807, 2.05) is 11.8 Å². The van der Waals surface area contributed by atoms with Crippen molar-refractivity contribution in [3.63, 3.8) is 0 Å². The van der Waals surface area contributed by atoms with Gasteiger partial charge in [-0.15, -0.1) is 11.8 Å². The Morgan fingerprint density at radius 2 is 1.91 bits per heavy atom. The molecule has 0 aliphatic rings. The summed E-state index contributed by atoms with van der Waals surface area (Å²) in [4.78, 5) is 0. The third kappa shape index (κ3) is 7.81. The molecule has 11 heavy (non-hydrogen) atoms. The monoisotopic (exact) mass is 170 g/mol. The van der Waals surface area contributed by atoms with Crippen LogP contribution in [0.2, 0.25) is 0 Å². The minimum atomic E-state index is 0.155. The Hall–Kier alpha value is -0.0900. The first-order valence-corrected chi connectivity index (χ1v) is 5.15. The molecule has 0 saturated carbocycles. The normalized spacial score (nSPS) is 13.5. The largest absolute Gasteiger partial charge is 0.146 e. The van der Waals surface area contributed by atoms with E-state index in [9.17, 15) is 0 Å². The zero-order chi connectivity index (χ0) is 8.91. The molecule has 0 spiro atoms. The van der Waals surface area contributed by atoms with Crippen LogP contribution >= 0.6 is 11.8 Å². The van der Waals surface area contributed by atoms with Crippen LogP contribution in [0.25, 0.3) is 0 Å². The van der Waals surface area contributed by atoms with Gasteiger partial charge in [-0.2, -0.15) is 0 Å². The molecule has 0 aliphatic heterocycles. The summed E-state index contributed by atoms with van der Waals surface area (Å²) < 4.78 is 0.